The Hall–Kier alpha value is -1.86. The molecule has 3 aromatic rings. The molecular weight excluding hydrogens is 286 g/mol. The molecule has 0 bridgehead atoms. The monoisotopic (exact) mass is 299 g/mol. The van der Waals surface area contributed by atoms with E-state index in [1.807, 2.05) is 24.3 Å². The van der Waals surface area contributed by atoms with Crippen molar-refractivity contribution in [3.8, 4) is 0 Å². The molecule has 0 fully saturated rings. The number of fused-ring (bicyclic) bond motifs is 3. The minimum absolute atomic E-state index is 0.0895. The molecule has 5 nitrogen and oxygen atoms in total. The van der Waals surface area contributed by atoms with Crippen molar-refractivity contribution in [2.24, 2.45) is 0 Å². The topological polar surface area (TPSA) is 65.6 Å². The highest BCUT2D eigenvalue weighted by Gasteiger charge is 2.27. The van der Waals surface area contributed by atoms with E-state index in [4.69, 9.17) is 5.21 Å². The van der Waals surface area contributed by atoms with Gasteiger partial charge in [-0.15, -0.1) is 11.8 Å². The lowest BCUT2D eigenvalue weighted by atomic mass is 10.2. The Labute approximate surface area is 125 Å². The molecule has 2 heterocycles. The molecule has 1 aliphatic rings. The minimum Gasteiger partial charge on any atom is -0.595 e. The summed E-state index contributed by atoms with van der Waals surface area (Å²) >= 11 is 1.77. The van der Waals surface area contributed by atoms with E-state index in [9.17, 15) is 5.21 Å². The van der Waals surface area contributed by atoms with Gasteiger partial charge in [0.1, 0.15) is 11.2 Å². The maximum absolute atomic E-state index is 11.2. The van der Waals surface area contributed by atoms with Crippen LogP contribution in [-0.2, 0) is 5.75 Å². The maximum Gasteiger partial charge on any atom is 0.164 e. The molecule has 1 aliphatic heterocycles. The van der Waals surface area contributed by atoms with Crippen LogP contribution in [0.5, 0.6) is 0 Å². The molecule has 1 aromatic heterocycles. The van der Waals surface area contributed by atoms with Crippen LogP contribution in [0, 0.1) is 5.21 Å². The van der Waals surface area contributed by atoms with Gasteiger partial charge in [0.05, 0.1) is 16.8 Å². The second-order valence-corrected chi connectivity index (χ2v) is 6.05. The second-order valence-electron chi connectivity index (χ2n) is 4.98. The Bertz CT molecular complexity index is 816. The molecule has 4 rings (SSSR count). The summed E-state index contributed by atoms with van der Waals surface area (Å²) in [6.45, 7) is 0. The van der Waals surface area contributed by atoms with E-state index in [1.54, 1.807) is 30.0 Å². The fourth-order valence-corrected chi connectivity index (χ4v) is 3.99. The van der Waals surface area contributed by atoms with Crippen molar-refractivity contribution in [1.82, 2.24) is 9.55 Å². The predicted molar refractivity (Wildman–Crippen MR) is 81.4 cm³/mol. The highest BCUT2D eigenvalue weighted by molar-refractivity contribution is 7.99. The molecule has 0 spiro atoms. The summed E-state index contributed by atoms with van der Waals surface area (Å²) in [5, 5.41) is 19.5. The van der Waals surface area contributed by atoms with Crippen LogP contribution in [0.2, 0.25) is 0 Å². The van der Waals surface area contributed by atoms with E-state index in [0.717, 1.165) is 28.2 Å². The third kappa shape index (κ3) is 2.04. The summed E-state index contributed by atoms with van der Waals surface area (Å²) < 4.78 is 2.21. The van der Waals surface area contributed by atoms with Crippen LogP contribution in [0.15, 0.2) is 48.5 Å². The highest BCUT2D eigenvalue weighted by atomic mass is 32.2. The zero-order valence-corrected chi connectivity index (χ0v) is 11.9. The van der Waals surface area contributed by atoms with Crippen molar-refractivity contribution >= 4 is 28.5 Å². The number of nitrogens with zero attached hydrogens (tertiary/aromatic N) is 2. The summed E-state index contributed by atoms with van der Waals surface area (Å²) in [6, 6.07) is 15.2. The van der Waals surface area contributed by atoms with Gasteiger partial charge in [-0.1, -0.05) is 24.3 Å². The van der Waals surface area contributed by atoms with E-state index in [2.05, 4.69) is 15.6 Å². The molecule has 0 aliphatic carbocycles. The predicted octanol–water partition coefficient (Wildman–Crippen LogP) is 2.23. The number of benzene rings is 2. The number of hydrogen-bond acceptors (Lipinski definition) is 4. The van der Waals surface area contributed by atoms with Gasteiger partial charge in [0.25, 0.3) is 0 Å². The fraction of sp³-hybridized carbons (Fsp3) is 0.133. The van der Waals surface area contributed by atoms with E-state index in [1.165, 1.54) is 0 Å². The Kier molecular flexibility index (Phi) is 2.97. The highest BCUT2D eigenvalue weighted by Crippen LogP contribution is 2.42. The summed E-state index contributed by atoms with van der Waals surface area (Å²) in [5.41, 5.74) is 3.42. The minimum atomic E-state index is -0.893. The molecule has 21 heavy (non-hydrogen) atoms. The van der Waals surface area contributed by atoms with Gasteiger partial charge < -0.3 is 9.77 Å². The first-order valence-corrected chi connectivity index (χ1v) is 7.69. The van der Waals surface area contributed by atoms with Crippen molar-refractivity contribution in [1.29, 1.82) is 0 Å². The average molecular weight is 299 g/mol. The average Bonchev–Trinajstić information content (AvgIpc) is 3.06. The van der Waals surface area contributed by atoms with Crippen LogP contribution < -0.4 is 5.23 Å². The van der Waals surface area contributed by atoms with Gasteiger partial charge in [-0.25, -0.2) is 10.2 Å². The number of imidazole rings is 1. The quantitative estimate of drug-likeness (QED) is 0.712. The first-order valence-electron chi connectivity index (χ1n) is 6.65. The molecule has 0 saturated carbocycles. The third-order valence-electron chi connectivity index (χ3n) is 3.69. The number of thioether (sulfide) groups is 1. The van der Waals surface area contributed by atoms with Gasteiger partial charge in [-0.05, 0) is 17.7 Å². The molecule has 0 amide bonds. The van der Waals surface area contributed by atoms with Gasteiger partial charge >= 0.3 is 0 Å². The first-order chi connectivity index (χ1) is 10.2. The Morgan fingerprint density at radius 1 is 1.24 bits per heavy atom. The number of nitrogens with one attached hydrogen (secondary N) is 1. The van der Waals surface area contributed by atoms with Gasteiger partial charge in [0, 0.05) is 12.1 Å². The van der Waals surface area contributed by atoms with E-state index in [0.29, 0.717) is 5.69 Å². The van der Waals surface area contributed by atoms with Crippen LogP contribution in [-0.4, -0.2) is 14.8 Å². The smallest absolute Gasteiger partial charge is 0.164 e. The SMILES string of the molecule is [O-][NH+](O)c1cccc(C2SCc3nc4ccccc4n32)c1. The Balaban J connectivity index is 1.85. The van der Waals surface area contributed by atoms with Crippen molar-refractivity contribution in [3.63, 3.8) is 0 Å². The molecular formula is C15H13N3O2S. The molecule has 2 N–H and O–H groups in total. The lowest BCUT2D eigenvalue weighted by Crippen LogP contribution is -2.99. The Morgan fingerprint density at radius 3 is 2.95 bits per heavy atom. The summed E-state index contributed by atoms with van der Waals surface area (Å²) in [7, 11) is 0. The molecule has 2 atom stereocenters. The summed E-state index contributed by atoms with van der Waals surface area (Å²) in [6.07, 6.45) is 0. The van der Waals surface area contributed by atoms with Crippen LogP contribution in [0.25, 0.3) is 11.0 Å². The normalized spacial score (nSPS) is 18.9. The van der Waals surface area contributed by atoms with Crippen LogP contribution in [0.1, 0.15) is 16.8 Å². The molecule has 2 aromatic carbocycles. The second kappa shape index (κ2) is 4.85. The van der Waals surface area contributed by atoms with E-state index < -0.39 is 5.23 Å². The number of hydrogen-bond donors (Lipinski definition) is 2. The largest absolute Gasteiger partial charge is 0.595 e. The van der Waals surface area contributed by atoms with Gasteiger partial charge in [-0.2, -0.15) is 5.23 Å². The summed E-state index contributed by atoms with van der Waals surface area (Å²) in [4.78, 5) is 4.65. The van der Waals surface area contributed by atoms with Gasteiger partial charge in [-0.3, -0.25) is 0 Å². The number of aromatic nitrogens is 2. The lowest BCUT2D eigenvalue weighted by molar-refractivity contribution is -0.991. The molecule has 106 valence electrons. The van der Waals surface area contributed by atoms with Crippen molar-refractivity contribution in [3.05, 3.63) is 65.1 Å². The van der Waals surface area contributed by atoms with Crippen LogP contribution >= 0.6 is 11.8 Å². The molecule has 6 heteroatoms. The number of rotatable bonds is 2. The van der Waals surface area contributed by atoms with E-state index in [-0.39, 0.29) is 5.37 Å². The van der Waals surface area contributed by atoms with Crippen molar-refractivity contribution < 1.29 is 10.4 Å². The zero-order valence-electron chi connectivity index (χ0n) is 11.1. The van der Waals surface area contributed by atoms with E-state index >= 15 is 0 Å². The van der Waals surface area contributed by atoms with Crippen molar-refractivity contribution in [2.75, 3.05) is 0 Å². The molecule has 0 saturated heterocycles. The van der Waals surface area contributed by atoms with Crippen LogP contribution in [0.4, 0.5) is 5.69 Å². The van der Waals surface area contributed by atoms with Gasteiger partial charge in [0.15, 0.2) is 5.69 Å². The fourth-order valence-electron chi connectivity index (χ4n) is 2.76. The van der Waals surface area contributed by atoms with Crippen LogP contribution in [0.3, 0.4) is 0 Å². The maximum atomic E-state index is 11.2. The zero-order chi connectivity index (χ0) is 14.4. The van der Waals surface area contributed by atoms with Crippen molar-refractivity contribution in [2.45, 2.75) is 11.1 Å². The standard InChI is InChI=1S/C15H13N3O2S/c19-18(20)11-5-3-4-10(8-11)15-17-13-7-2-1-6-12(13)16-14(17)9-21-15/h1-8,15,18-19H,9H2. The first kappa shape index (κ1) is 12.8. The lowest BCUT2D eigenvalue weighted by Gasteiger charge is -2.17. The molecule has 0 radical (unpaired) electrons. The third-order valence-corrected chi connectivity index (χ3v) is 4.92. The van der Waals surface area contributed by atoms with Gasteiger partial charge in [0.2, 0.25) is 0 Å². The number of para-hydroxylation sites is 2. The summed E-state index contributed by atoms with van der Waals surface area (Å²) in [5.74, 6) is 1.89. The number of quaternary nitrogens is 1. The Morgan fingerprint density at radius 2 is 2.10 bits per heavy atom. The molecule has 2 unspecified atom stereocenters.